The highest BCUT2D eigenvalue weighted by Crippen LogP contribution is 2.32. The van der Waals surface area contributed by atoms with Gasteiger partial charge in [-0.2, -0.15) is 5.26 Å². The maximum Gasteiger partial charge on any atom is 0.194 e. The van der Waals surface area contributed by atoms with E-state index < -0.39 is 0 Å². The Kier molecular flexibility index (Phi) is 3.43. The molecular weight excluding hydrogens is 313 g/mol. The molecule has 0 aliphatic carbocycles. The third-order valence-electron chi connectivity index (χ3n) is 3.07. The van der Waals surface area contributed by atoms with Crippen LogP contribution in [-0.2, 0) is 6.42 Å². The Morgan fingerprint density at radius 1 is 1.35 bits per heavy atom. The smallest absolute Gasteiger partial charge is 0.194 e. The first kappa shape index (κ1) is 13.4. The molecule has 1 aromatic carbocycles. The summed E-state index contributed by atoms with van der Waals surface area (Å²) >= 11 is 13.6. The molecule has 0 aliphatic rings. The van der Waals surface area contributed by atoms with Crippen LogP contribution in [0.25, 0.3) is 16.2 Å². The van der Waals surface area contributed by atoms with Gasteiger partial charge in [0.15, 0.2) is 4.96 Å². The molecule has 0 unspecified atom stereocenters. The zero-order valence-corrected chi connectivity index (χ0v) is 12.9. The van der Waals surface area contributed by atoms with Crippen molar-refractivity contribution in [2.45, 2.75) is 13.3 Å². The highest BCUT2D eigenvalue weighted by atomic mass is 35.5. The number of hydrogen-bond donors (Lipinski definition) is 0. The van der Waals surface area contributed by atoms with Crippen LogP contribution < -0.4 is 0 Å². The Balaban J connectivity index is 2.27. The van der Waals surface area contributed by atoms with Gasteiger partial charge in [-0.25, -0.2) is 4.98 Å². The van der Waals surface area contributed by atoms with Crippen LogP contribution in [0.15, 0.2) is 23.6 Å². The molecule has 0 atom stereocenters. The highest BCUT2D eigenvalue weighted by molar-refractivity contribution is 7.15. The first-order valence-corrected chi connectivity index (χ1v) is 7.53. The number of benzene rings is 1. The summed E-state index contributed by atoms with van der Waals surface area (Å²) in [6.45, 7) is 2.00. The Hall–Kier alpha value is -1.54. The zero-order chi connectivity index (χ0) is 14.3. The molecule has 6 heteroatoms. The Labute approximate surface area is 130 Å². The summed E-state index contributed by atoms with van der Waals surface area (Å²) in [6.07, 6.45) is 0.300. The lowest BCUT2D eigenvalue weighted by Crippen LogP contribution is -1.94. The Morgan fingerprint density at radius 2 is 2.15 bits per heavy atom. The summed E-state index contributed by atoms with van der Waals surface area (Å²) in [7, 11) is 0. The van der Waals surface area contributed by atoms with Gasteiger partial charge < -0.3 is 0 Å². The zero-order valence-electron chi connectivity index (χ0n) is 10.5. The first-order valence-electron chi connectivity index (χ1n) is 5.89. The molecule has 100 valence electrons. The maximum absolute atomic E-state index is 9.06. The minimum absolute atomic E-state index is 0.300. The SMILES string of the molecule is Cc1csc2nc(-c3ccc(Cl)c(Cl)c3)c(CC#N)n12. The van der Waals surface area contributed by atoms with Gasteiger partial charge in [-0.05, 0) is 19.1 Å². The van der Waals surface area contributed by atoms with E-state index in [9.17, 15) is 0 Å². The van der Waals surface area contributed by atoms with E-state index in [1.807, 2.05) is 22.8 Å². The van der Waals surface area contributed by atoms with Crippen LogP contribution in [0.3, 0.4) is 0 Å². The second-order valence-corrected chi connectivity index (χ2v) is 6.02. The molecule has 3 rings (SSSR count). The van der Waals surface area contributed by atoms with Crippen molar-refractivity contribution >= 4 is 39.5 Å². The number of thiazole rings is 1. The number of fused-ring (bicyclic) bond motifs is 1. The van der Waals surface area contributed by atoms with Crippen molar-refractivity contribution < 1.29 is 0 Å². The molecule has 0 aliphatic heterocycles. The van der Waals surface area contributed by atoms with Gasteiger partial charge in [0.25, 0.3) is 0 Å². The molecule has 0 saturated carbocycles. The molecule has 0 N–H and O–H groups in total. The molecule has 0 saturated heterocycles. The molecule has 2 aromatic heterocycles. The molecule has 20 heavy (non-hydrogen) atoms. The van der Waals surface area contributed by atoms with E-state index in [1.54, 1.807) is 23.5 Å². The molecular formula is C14H9Cl2N3S. The van der Waals surface area contributed by atoms with Crippen molar-refractivity contribution in [2.75, 3.05) is 0 Å². The molecule has 3 aromatic rings. The topological polar surface area (TPSA) is 41.1 Å². The lowest BCUT2D eigenvalue weighted by molar-refractivity contribution is 1.03. The van der Waals surface area contributed by atoms with Gasteiger partial charge in [0.1, 0.15) is 0 Å². The van der Waals surface area contributed by atoms with E-state index >= 15 is 0 Å². The van der Waals surface area contributed by atoms with Crippen molar-refractivity contribution in [3.05, 3.63) is 45.0 Å². The van der Waals surface area contributed by atoms with E-state index in [1.165, 1.54) is 0 Å². The Morgan fingerprint density at radius 3 is 2.85 bits per heavy atom. The van der Waals surface area contributed by atoms with Crippen LogP contribution in [0.5, 0.6) is 0 Å². The lowest BCUT2D eigenvalue weighted by Gasteiger charge is -2.03. The third kappa shape index (κ3) is 2.08. The van der Waals surface area contributed by atoms with Gasteiger partial charge in [0.2, 0.25) is 0 Å². The average molecular weight is 322 g/mol. The monoisotopic (exact) mass is 321 g/mol. The quantitative estimate of drug-likeness (QED) is 0.683. The van der Waals surface area contributed by atoms with Crippen molar-refractivity contribution in [2.24, 2.45) is 0 Å². The summed E-state index contributed by atoms with van der Waals surface area (Å²) in [6, 6.07) is 7.60. The van der Waals surface area contributed by atoms with Gasteiger partial charge in [0, 0.05) is 16.6 Å². The second kappa shape index (κ2) is 5.10. The van der Waals surface area contributed by atoms with E-state index in [0.29, 0.717) is 16.5 Å². The van der Waals surface area contributed by atoms with Crippen molar-refractivity contribution in [1.82, 2.24) is 9.38 Å². The number of hydrogen-bond acceptors (Lipinski definition) is 3. The summed E-state index contributed by atoms with van der Waals surface area (Å²) in [5.41, 5.74) is 3.63. The minimum Gasteiger partial charge on any atom is -0.290 e. The van der Waals surface area contributed by atoms with Crippen LogP contribution in [0.1, 0.15) is 11.4 Å². The van der Waals surface area contributed by atoms with E-state index in [-0.39, 0.29) is 0 Å². The fourth-order valence-electron chi connectivity index (χ4n) is 2.18. The largest absolute Gasteiger partial charge is 0.290 e. The fourth-order valence-corrected chi connectivity index (χ4v) is 3.36. The maximum atomic E-state index is 9.06. The van der Waals surface area contributed by atoms with Gasteiger partial charge >= 0.3 is 0 Å². The first-order chi connectivity index (χ1) is 9.61. The third-order valence-corrected chi connectivity index (χ3v) is 4.75. The average Bonchev–Trinajstić information content (AvgIpc) is 2.95. The molecule has 0 amide bonds. The number of imidazole rings is 1. The minimum atomic E-state index is 0.300. The number of aryl methyl sites for hydroxylation is 1. The summed E-state index contributed by atoms with van der Waals surface area (Å²) < 4.78 is 2.02. The summed E-state index contributed by atoms with van der Waals surface area (Å²) in [4.78, 5) is 5.50. The van der Waals surface area contributed by atoms with Crippen molar-refractivity contribution in [3.8, 4) is 17.3 Å². The van der Waals surface area contributed by atoms with Crippen LogP contribution in [0, 0.1) is 18.3 Å². The number of aromatic nitrogens is 2. The van der Waals surface area contributed by atoms with Crippen LogP contribution in [0.4, 0.5) is 0 Å². The molecule has 0 fully saturated rings. The predicted molar refractivity (Wildman–Crippen MR) is 82.6 cm³/mol. The van der Waals surface area contributed by atoms with Gasteiger partial charge in [0.05, 0.1) is 33.9 Å². The molecule has 0 radical (unpaired) electrons. The van der Waals surface area contributed by atoms with Crippen LogP contribution >= 0.6 is 34.5 Å². The lowest BCUT2D eigenvalue weighted by atomic mass is 10.1. The van der Waals surface area contributed by atoms with Crippen LogP contribution in [0.2, 0.25) is 10.0 Å². The summed E-state index contributed by atoms with van der Waals surface area (Å²) in [5, 5.41) is 12.1. The van der Waals surface area contributed by atoms with Crippen molar-refractivity contribution in [1.29, 1.82) is 5.26 Å². The summed E-state index contributed by atoms with van der Waals surface area (Å²) in [5.74, 6) is 0. The van der Waals surface area contributed by atoms with Gasteiger partial charge in [-0.3, -0.25) is 4.40 Å². The fraction of sp³-hybridized carbons (Fsp3) is 0.143. The molecule has 2 heterocycles. The number of nitrogens with zero attached hydrogens (tertiary/aromatic N) is 3. The number of rotatable bonds is 2. The standard InChI is InChI=1S/C14H9Cl2N3S/c1-8-7-20-14-18-13(12(4-5-17)19(8)14)9-2-3-10(15)11(16)6-9/h2-3,6-7H,4H2,1H3. The van der Waals surface area contributed by atoms with Crippen LogP contribution in [-0.4, -0.2) is 9.38 Å². The Bertz CT molecular complexity index is 842. The molecule has 0 spiro atoms. The van der Waals surface area contributed by atoms with Crippen molar-refractivity contribution in [3.63, 3.8) is 0 Å². The predicted octanol–water partition coefficient (Wildman–Crippen LogP) is 4.74. The van der Waals surface area contributed by atoms with E-state index in [2.05, 4.69) is 11.1 Å². The van der Waals surface area contributed by atoms with Gasteiger partial charge in [-0.1, -0.05) is 29.3 Å². The number of nitriles is 1. The normalized spacial score (nSPS) is 10.9. The molecule has 0 bridgehead atoms. The van der Waals surface area contributed by atoms with Gasteiger partial charge in [-0.15, -0.1) is 11.3 Å². The number of halogens is 2. The van der Waals surface area contributed by atoms with E-state index in [4.69, 9.17) is 28.5 Å². The highest BCUT2D eigenvalue weighted by Gasteiger charge is 2.17. The second-order valence-electron chi connectivity index (χ2n) is 4.37. The molecule has 3 nitrogen and oxygen atoms in total. The van der Waals surface area contributed by atoms with E-state index in [0.717, 1.165) is 27.6 Å².